The van der Waals surface area contributed by atoms with Crippen LogP contribution >= 0.6 is 11.6 Å². The number of aromatic nitrogens is 4. The second-order valence-corrected chi connectivity index (χ2v) is 5.47. The van der Waals surface area contributed by atoms with E-state index < -0.39 is 0 Å². The van der Waals surface area contributed by atoms with Crippen LogP contribution in [-0.4, -0.2) is 19.3 Å². The quantitative estimate of drug-likeness (QED) is 0.689. The van der Waals surface area contributed by atoms with E-state index in [-0.39, 0.29) is 11.9 Å². The summed E-state index contributed by atoms with van der Waals surface area (Å²) in [6.45, 7) is 4.54. The molecule has 0 amide bonds. The molecule has 0 radical (unpaired) electrons. The third-order valence-electron chi connectivity index (χ3n) is 3.61. The molecule has 1 atom stereocenters. The first kappa shape index (κ1) is 14.1. The summed E-state index contributed by atoms with van der Waals surface area (Å²) in [5, 5.41) is 4.22. The van der Waals surface area contributed by atoms with E-state index >= 15 is 0 Å². The second kappa shape index (κ2) is 5.48. The SMILES string of the molecule is Cc1cc2c(cc1F)nc(CCl)n2C(C)Cn1cccn1. The molecule has 3 aromatic rings. The lowest BCUT2D eigenvalue weighted by Gasteiger charge is -2.17. The monoisotopic (exact) mass is 306 g/mol. The van der Waals surface area contributed by atoms with E-state index in [1.807, 2.05) is 23.0 Å². The zero-order valence-corrected chi connectivity index (χ0v) is 12.7. The molecule has 0 spiro atoms. The molecule has 0 fully saturated rings. The fourth-order valence-corrected chi connectivity index (χ4v) is 2.81. The number of hydrogen-bond acceptors (Lipinski definition) is 2. The number of rotatable bonds is 4. The van der Waals surface area contributed by atoms with Crippen LogP contribution in [0.4, 0.5) is 4.39 Å². The Bertz CT molecular complexity index is 764. The molecule has 21 heavy (non-hydrogen) atoms. The van der Waals surface area contributed by atoms with Crippen LogP contribution < -0.4 is 0 Å². The molecule has 4 nitrogen and oxygen atoms in total. The lowest BCUT2D eigenvalue weighted by Crippen LogP contribution is -2.15. The van der Waals surface area contributed by atoms with Crippen molar-refractivity contribution in [3.05, 3.63) is 47.8 Å². The first-order valence-electron chi connectivity index (χ1n) is 6.80. The van der Waals surface area contributed by atoms with Gasteiger partial charge in [0.1, 0.15) is 11.6 Å². The minimum atomic E-state index is -0.243. The predicted octanol–water partition coefficient (Wildman–Crippen LogP) is 3.68. The molecule has 0 saturated heterocycles. The minimum Gasteiger partial charge on any atom is -0.322 e. The number of fused-ring (bicyclic) bond motifs is 1. The fraction of sp³-hybridized carbons (Fsp3) is 0.333. The first-order chi connectivity index (χ1) is 10.1. The number of hydrogen-bond donors (Lipinski definition) is 0. The Morgan fingerprint density at radius 3 is 2.86 bits per heavy atom. The number of halogens is 2. The van der Waals surface area contributed by atoms with Gasteiger partial charge in [0.2, 0.25) is 0 Å². The van der Waals surface area contributed by atoms with Crippen LogP contribution in [0.1, 0.15) is 24.4 Å². The highest BCUT2D eigenvalue weighted by atomic mass is 35.5. The summed E-state index contributed by atoms with van der Waals surface area (Å²) in [5.74, 6) is 0.794. The molecule has 6 heteroatoms. The highest BCUT2D eigenvalue weighted by Crippen LogP contribution is 2.25. The van der Waals surface area contributed by atoms with Crippen molar-refractivity contribution in [1.82, 2.24) is 19.3 Å². The summed E-state index contributed by atoms with van der Waals surface area (Å²) in [6.07, 6.45) is 3.67. The van der Waals surface area contributed by atoms with Gasteiger partial charge in [-0.1, -0.05) is 0 Å². The molecule has 2 aromatic heterocycles. The van der Waals surface area contributed by atoms with Gasteiger partial charge in [0.25, 0.3) is 0 Å². The fourth-order valence-electron chi connectivity index (χ4n) is 2.62. The van der Waals surface area contributed by atoms with Crippen LogP contribution in [-0.2, 0) is 12.4 Å². The molecule has 0 saturated carbocycles. The smallest absolute Gasteiger partial charge is 0.128 e. The molecule has 0 aliphatic rings. The zero-order valence-electron chi connectivity index (χ0n) is 11.9. The van der Waals surface area contributed by atoms with E-state index in [4.69, 9.17) is 11.6 Å². The van der Waals surface area contributed by atoms with Crippen LogP contribution in [0.3, 0.4) is 0 Å². The van der Waals surface area contributed by atoms with Crippen molar-refractivity contribution in [1.29, 1.82) is 0 Å². The molecule has 0 aliphatic heterocycles. The molecule has 2 heterocycles. The van der Waals surface area contributed by atoms with Gasteiger partial charge in [-0.25, -0.2) is 9.37 Å². The largest absolute Gasteiger partial charge is 0.322 e. The van der Waals surface area contributed by atoms with Crippen molar-refractivity contribution in [2.75, 3.05) is 0 Å². The lowest BCUT2D eigenvalue weighted by molar-refractivity contribution is 0.438. The Morgan fingerprint density at radius 2 is 2.19 bits per heavy atom. The first-order valence-corrected chi connectivity index (χ1v) is 7.34. The number of benzene rings is 1. The Balaban J connectivity index is 2.09. The van der Waals surface area contributed by atoms with Gasteiger partial charge in [-0.2, -0.15) is 5.10 Å². The van der Waals surface area contributed by atoms with Crippen molar-refractivity contribution >= 4 is 22.6 Å². The van der Waals surface area contributed by atoms with E-state index in [2.05, 4.69) is 21.6 Å². The highest BCUT2D eigenvalue weighted by Gasteiger charge is 2.17. The van der Waals surface area contributed by atoms with Gasteiger partial charge >= 0.3 is 0 Å². The van der Waals surface area contributed by atoms with E-state index in [0.717, 1.165) is 11.3 Å². The van der Waals surface area contributed by atoms with Gasteiger partial charge in [-0.15, -0.1) is 11.6 Å². The molecule has 110 valence electrons. The van der Waals surface area contributed by atoms with E-state index in [1.165, 1.54) is 6.07 Å². The molecule has 1 aromatic carbocycles. The Kier molecular flexibility index (Phi) is 3.68. The van der Waals surface area contributed by atoms with Crippen molar-refractivity contribution in [3.8, 4) is 0 Å². The average molecular weight is 307 g/mol. The zero-order chi connectivity index (χ0) is 15.0. The van der Waals surface area contributed by atoms with Crippen LogP contribution in [0.5, 0.6) is 0 Å². The van der Waals surface area contributed by atoms with Gasteiger partial charge < -0.3 is 4.57 Å². The Morgan fingerprint density at radius 1 is 1.38 bits per heavy atom. The third kappa shape index (κ3) is 2.53. The predicted molar refractivity (Wildman–Crippen MR) is 80.9 cm³/mol. The summed E-state index contributed by atoms with van der Waals surface area (Å²) in [5.41, 5.74) is 2.15. The van der Waals surface area contributed by atoms with Crippen LogP contribution in [0, 0.1) is 12.7 Å². The van der Waals surface area contributed by atoms with Crippen LogP contribution in [0.25, 0.3) is 11.0 Å². The molecule has 1 unspecified atom stereocenters. The topological polar surface area (TPSA) is 35.6 Å². The number of nitrogens with zero attached hydrogens (tertiary/aromatic N) is 4. The van der Waals surface area contributed by atoms with Gasteiger partial charge in [0, 0.05) is 18.5 Å². The van der Waals surface area contributed by atoms with Crippen molar-refractivity contribution in [2.24, 2.45) is 0 Å². The van der Waals surface area contributed by atoms with Gasteiger partial charge in [0.05, 0.1) is 29.5 Å². The van der Waals surface area contributed by atoms with Gasteiger partial charge in [-0.3, -0.25) is 4.68 Å². The number of aryl methyl sites for hydroxylation is 1. The maximum Gasteiger partial charge on any atom is 0.128 e. The summed E-state index contributed by atoms with van der Waals surface area (Å²) >= 11 is 6.01. The molecule has 0 bridgehead atoms. The normalized spacial score (nSPS) is 13.0. The van der Waals surface area contributed by atoms with E-state index in [0.29, 0.717) is 23.5 Å². The molecule has 0 aliphatic carbocycles. The molecular weight excluding hydrogens is 291 g/mol. The van der Waals surface area contributed by atoms with Crippen molar-refractivity contribution in [2.45, 2.75) is 32.3 Å². The second-order valence-electron chi connectivity index (χ2n) is 5.20. The summed E-state index contributed by atoms with van der Waals surface area (Å²) in [7, 11) is 0. The molecule has 3 rings (SSSR count). The minimum absolute atomic E-state index is 0.119. The maximum atomic E-state index is 13.7. The van der Waals surface area contributed by atoms with E-state index in [1.54, 1.807) is 13.1 Å². The number of imidazole rings is 1. The van der Waals surface area contributed by atoms with Crippen molar-refractivity contribution in [3.63, 3.8) is 0 Å². The van der Waals surface area contributed by atoms with Crippen LogP contribution in [0.15, 0.2) is 30.6 Å². The molecular formula is C15H16ClFN4. The summed E-state index contributed by atoms with van der Waals surface area (Å²) < 4.78 is 17.6. The Hall–Kier alpha value is -1.88. The van der Waals surface area contributed by atoms with E-state index in [9.17, 15) is 4.39 Å². The highest BCUT2D eigenvalue weighted by molar-refractivity contribution is 6.16. The summed E-state index contributed by atoms with van der Waals surface area (Å²) in [6, 6.07) is 5.31. The Labute approximate surface area is 127 Å². The molecule has 0 N–H and O–H groups in total. The number of alkyl halides is 1. The van der Waals surface area contributed by atoms with Crippen LogP contribution in [0.2, 0.25) is 0 Å². The standard InChI is InChI=1S/C15H16ClFN4/c1-10-6-14-13(7-12(10)17)19-15(8-16)21(14)11(2)9-20-5-3-4-18-20/h3-7,11H,8-9H2,1-2H3. The maximum absolute atomic E-state index is 13.7. The lowest BCUT2D eigenvalue weighted by atomic mass is 10.2. The summed E-state index contributed by atoms with van der Waals surface area (Å²) in [4.78, 5) is 4.44. The average Bonchev–Trinajstić information content (AvgIpc) is 3.06. The van der Waals surface area contributed by atoms with Crippen molar-refractivity contribution < 1.29 is 4.39 Å². The van der Waals surface area contributed by atoms with Gasteiger partial charge in [0.15, 0.2) is 0 Å². The third-order valence-corrected chi connectivity index (χ3v) is 3.85. The van der Waals surface area contributed by atoms with Gasteiger partial charge in [-0.05, 0) is 31.5 Å².